The minimum atomic E-state index is 0.0840. The topological polar surface area (TPSA) is 62.6 Å². The van der Waals surface area contributed by atoms with Gasteiger partial charge in [0.25, 0.3) is 5.91 Å². The van der Waals surface area contributed by atoms with Gasteiger partial charge in [0.15, 0.2) is 0 Å². The van der Waals surface area contributed by atoms with Crippen LogP contribution in [-0.2, 0) is 17.8 Å². The van der Waals surface area contributed by atoms with Gasteiger partial charge in [0.05, 0.1) is 4.88 Å². The number of rotatable bonds is 4. The van der Waals surface area contributed by atoms with Crippen LogP contribution in [0.5, 0.6) is 0 Å². The Morgan fingerprint density at radius 1 is 1.10 bits per heavy atom. The number of furan rings is 1. The van der Waals surface area contributed by atoms with Crippen molar-refractivity contribution in [2.24, 2.45) is 5.92 Å². The third kappa shape index (κ3) is 3.79. The van der Waals surface area contributed by atoms with Crippen LogP contribution in [0.2, 0.25) is 0 Å². The largest absolute Gasteiger partial charge is 0.461 e. The molecule has 30 heavy (non-hydrogen) atoms. The van der Waals surface area contributed by atoms with E-state index in [1.807, 2.05) is 52.7 Å². The SMILES string of the molecule is O=C(Nc1ccc(-c2cc3c(o2)CCN(C(=O)c2cccs2)C3)cc1)C1CCCC1. The van der Waals surface area contributed by atoms with Gasteiger partial charge < -0.3 is 14.6 Å². The molecule has 154 valence electrons. The number of carbonyl (C=O) groups is 2. The Hall–Kier alpha value is -2.86. The number of hydrogen-bond acceptors (Lipinski definition) is 4. The van der Waals surface area contributed by atoms with E-state index in [1.54, 1.807) is 0 Å². The van der Waals surface area contributed by atoms with Crippen molar-refractivity contribution in [3.05, 3.63) is 64.0 Å². The Bertz CT molecular complexity index is 1050. The summed E-state index contributed by atoms with van der Waals surface area (Å²) >= 11 is 1.48. The molecule has 5 nitrogen and oxygen atoms in total. The summed E-state index contributed by atoms with van der Waals surface area (Å²) in [5.41, 5.74) is 2.86. The molecule has 1 N–H and O–H groups in total. The highest BCUT2D eigenvalue weighted by Crippen LogP contribution is 2.31. The predicted molar refractivity (Wildman–Crippen MR) is 117 cm³/mol. The molecule has 1 aliphatic carbocycles. The van der Waals surface area contributed by atoms with E-state index in [4.69, 9.17) is 4.42 Å². The Balaban J connectivity index is 1.27. The van der Waals surface area contributed by atoms with Gasteiger partial charge in [-0.15, -0.1) is 11.3 Å². The van der Waals surface area contributed by atoms with Crippen molar-refractivity contribution in [2.75, 3.05) is 11.9 Å². The summed E-state index contributed by atoms with van der Waals surface area (Å²) in [6.45, 7) is 1.24. The second kappa shape index (κ2) is 8.11. The Labute approximate surface area is 179 Å². The maximum atomic E-state index is 12.6. The van der Waals surface area contributed by atoms with Crippen LogP contribution in [0.4, 0.5) is 5.69 Å². The fourth-order valence-corrected chi connectivity index (χ4v) is 5.05. The van der Waals surface area contributed by atoms with Crippen LogP contribution in [0.15, 0.2) is 52.3 Å². The quantitative estimate of drug-likeness (QED) is 0.620. The van der Waals surface area contributed by atoms with Crippen molar-refractivity contribution in [2.45, 2.75) is 38.6 Å². The first kappa shape index (κ1) is 19.1. The molecule has 3 aromatic rings. The van der Waals surface area contributed by atoms with Crippen molar-refractivity contribution in [1.29, 1.82) is 0 Å². The molecule has 2 aliphatic rings. The molecule has 1 aromatic carbocycles. The number of fused-ring (bicyclic) bond motifs is 1. The molecule has 3 heterocycles. The van der Waals surface area contributed by atoms with E-state index in [-0.39, 0.29) is 17.7 Å². The molecule has 1 saturated carbocycles. The summed E-state index contributed by atoms with van der Waals surface area (Å²) in [5.74, 6) is 2.13. The molecule has 0 spiro atoms. The third-order valence-electron chi connectivity index (χ3n) is 6.05. The van der Waals surface area contributed by atoms with Gasteiger partial charge in [-0.3, -0.25) is 9.59 Å². The fourth-order valence-electron chi connectivity index (χ4n) is 4.35. The molecular formula is C24H24N2O3S. The summed E-state index contributed by atoms with van der Waals surface area (Å²) in [4.78, 5) is 27.6. The lowest BCUT2D eigenvalue weighted by Gasteiger charge is -2.25. The molecule has 0 atom stereocenters. The summed E-state index contributed by atoms with van der Waals surface area (Å²) in [6, 6.07) is 13.6. The average molecular weight is 421 g/mol. The van der Waals surface area contributed by atoms with Gasteiger partial charge in [0, 0.05) is 42.2 Å². The maximum absolute atomic E-state index is 12.6. The van der Waals surface area contributed by atoms with Crippen molar-refractivity contribution < 1.29 is 14.0 Å². The molecule has 2 amide bonds. The van der Waals surface area contributed by atoms with Crippen LogP contribution in [-0.4, -0.2) is 23.3 Å². The molecule has 0 saturated heterocycles. The molecule has 1 fully saturated rings. The monoisotopic (exact) mass is 420 g/mol. The third-order valence-corrected chi connectivity index (χ3v) is 6.91. The first-order valence-corrected chi connectivity index (χ1v) is 11.4. The zero-order valence-corrected chi connectivity index (χ0v) is 17.5. The number of carbonyl (C=O) groups excluding carboxylic acids is 2. The minimum Gasteiger partial charge on any atom is -0.461 e. The van der Waals surface area contributed by atoms with E-state index in [9.17, 15) is 9.59 Å². The van der Waals surface area contributed by atoms with Gasteiger partial charge in [-0.1, -0.05) is 18.9 Å². The van der Waals surface area contributed by atoms with Gasteiger partial charge >= 0.3 is 0 Å². The molecule has 1 aliphatic heterocycles. The van der Waals surface area contributed by atoms with Crippen molar-refractivity contribution in [1.82, 2.24) is 4.90 Å². The smallest absolute Gasteiger partial charge is 0.264 e. The summed E-state index contributed by atoms with van der Waals surface area (Å²) in [7, 11) is 0. The molecule has 5 rings (SSSR count). The second-order valence-electron chi connectivity index (χ2n) is 8.06. The number of amides is 2. The second-order valence-corrected chi connectivity index (χ2v) is 9.01. The molecule has 2 aromatic heterocycles. The van der Waals surface area contributed by atoms with E-state index in [0.29, 0.717) is 13.1 Å². The Morgan fingerprint density at radius 3 is 2.63 bits per heavy atom. The lowest BCUT2D eigenvalue weighted by atomic mass is 10.1. The Morgan fingerprint density at radius 2 is 1.90 bits per heavy atom. The van der Waals surface area contributed by atoms with E-state index in [2.05, 4.69) is 5.32 Å². The summed E-state index contributed by atoms with van der Waals surface area (Å²) in [6.07, 6.45) is 5.01. The number of thiophene rings is 1. The van der Waals surface area contributed by atoms with E-state index in [0.717, 1.165) is 65.3 Å². The van der Waals surface area contributed by atoms with Gasteiger partial charge in [0.1, 0.15) is 11.5 Å². The predicted octanol–water partition coefficient (Wildman–Crippen LogP) is 5.34. The van der Waals surface area contributed by atoms with Crippen LogP contribution >= 0.6 is 11.3 Å². The number of nitrogens with zero attached hydrogens (tertiary/aromatic N) is 1. The average Bonchev–Trinajstić information content (AvgIpc) is 3.54. The van der Waals surface area contributed by atoms with E-state index >= 15 is 0 Å². The maximum Gasteiger partial charge on any atom is 0.264 e. The molecule has 6 heteroatoms. The van der Waals surface area contributed by atoms with Crippen molar-refractivity contribution >= 4 is 28.8 Å². The molecular weight excluding hydrogens is 396 g/mol. The Kier molecular flexibility index (Phi) is 5.17. The van der Waals surface area contributed by atoms with Crippen LogP contribution < -0.4 is 5.32 Å². The number of nitrogens with one attached hydrogen (secondary N) is 1. The highest BCUT2D eigenvalue weighted by molar-refractivity contribution is 7.12. The van der Waals surface area contributed by atoms with Gasteiger partial charge in [-0.25, -0.2) is 0 Å². The van der Waals surface area contributed by atoms with Gasteiger partial charge in [-0.05, 0) is 54.6 Å². The van der Waals surface area contributed by atoms with Gasteiger partial charge in [0.2, 0.25) is 5.91 Å². The molecule has 0 bridgehead atoms. The molecule has 0 unspecified atom stereocenters. The van der Waals surface area contributed by atoms with Crippen LogP contribution in [0, 0.1) is 5.92 Å². The first-order valence-electron chi connectivity index (χ1n) is 10.5. The van der Waals surface area contributed by atoms with E-state index in [1.165, 1.54) is 11.3 Å². The number of hydrogen-bond donors (Lipinski definition) is 1. The van der Waals surface area contributed by atoms with E-state index < -0.39 is 0 Å². The van der Waals surface area contributed by atoms with Crippen LogP contribution in [0.1, 0.15) is 46.7 Å². The number of benzene rings is 1. The highest BCUT2D eigenvalue weighted by Gasteiger charge is 2.26. The molecule has 0 radical (unpaired) electrons. The van der Waals surface area contributed by atoms with Gasteiger partial charge in [-0.2, -0.15) is 0 Å². The zero-order chi connectivity index (χ0) is 20.5. The minimum absolute atomic E-state index is 0.0840. The lowest BCUT2D eigenvalue weighted by Crippen LogP contribution is -2.35. The first-order chi connectivity index (χ1) is 14.7. The van der Waals surface area contributed by atoms with Crippen LogP contribution in [0.25, 0.3) is 11.3 Å². The number of anilines is 1. The summed E-state index contributed by atoms with van der Waals surface area (Å²) < 4.78 is 6.09. The highest BCUT2D eigenvalue weighted by atomic mass is 32.1. The van der Waals surface area contributed by atoms with Crippen molar-refractivity contribution in [3.63, 3.8) is 0 Å². The fraction of sp³-hybridized carbons (Fsp3) is 0.333. The summed E-state index contributed by atoms with van der Waals surface area (Å²) in [5, 5.41) is 4.96. The van der Waals surface area contributed by atoms with Crippen LogP contribution in [0.3, 0.4) is 0 Å². The standard InChI is InChI=1S/C24H24N2O3S/c27-23(17-4-1-2-5-17)25-19-9-7-16(8-10-19)21-14-18-15-26(12-11-20(18)29-21)24(28)22-6-3-13-30-22/h3,6-10,13-14,17H,1-2,4-5,11-12,15H2,(H,25,27). The van der Waals surface area contributed by atoms with Crippen molar-refractivity contribution in [3.8, 4) is 11.3 Å². The normalized spacial score (nSPS) is 16.5. The lowest BCUT2D eigenvalue weighted by molar-refractivity contribution is -0.119. The zero-order valence-electron chi connectivity index (χ0n) is 16.7.